The smallest absolute Gasteiger partial charge is 0.397 e. The molecule has 0 aromatic carbocycles. The number of hydrogen-bond donors (Lipinski definition) is 4. The Morgan fingerprint density at radius 3 is 1.71 bits per heavy atom. The second-order valence-electron chi connectivity index (χ2n) is 15.6. The normalized spacial score (nSPS) is 20.8. The van der Waals surface area contributed by atoms with Crippen LogP contribution in [0.4, 0.5) is 0 Å². The maximum Gasteiger partial charge on any atom is 0.397 e. The van der Waals surface area contributed by atoms with Gasteiger partial charge in [0, 0.05) is 13.0 Å². The molecule has 13 heteroatoms. The predicted octanol–water partition coefficient (Wildman–Crippen LogP) is 9.58. The van der Waals surface area contributed by atoms with Gasteiger partial charge in [0.05, 0.1) is 19.8 Å². The van der Waals surface area contributed by atoms with Crippen LogP contribution in [0, 0.1) is 0 Å². The van der Waals surface area contributed by atoms with Crippen molar-refractivity contribution in [2.75, 3.05) is 26.4 Å². The Hall–Kier alpha value is -1.94. The molecule has 0 aromatic rings. The topological polar surface area (TPSA) is 178 Å². The first-order valence-electron chi connectivity index (χ1n) is 22.9. The molecule has 59 heavy (non-hydrogen) atoms. The minimum atomic E-state index is -5.06. The first kappa shape index (κ1) is 55.1. The maximum atomic E-state index is 12.8. The average molecular weight is 859 g/mol. The van der Waals surface area contributed by atoms with Gasteiger partial charge in [-0.25, -0.2) is 4.18 Å². The van der Waals surface area contributed by atoms with Gasteiger partial charge in [0.2, 0.25) is 0 Å². The summed E-state index contributed by atoms with van der Waals surface area (Å²) in [5.41, 5.74) is 0. The summed E-state index contributed by atoms with van der Waals surface area (Å²) in [6.45, 7) is 3.84. The third-order valence-electron chi connectivity index (χ3n) is 10.2. The minimum absolute atomic E-state index is 0.0322. The molecule has 0 bridgehead atoms. The van der Waals surface area contributed by atoms with Gasteiger partial charge in [-0.05, 0) is 51.4 Å². The highest BCUT2D eigenvalue weighted by Crippen LogP contribution is 2.26. The first-order valence-corrected chi connectivity index (χ1v) is 24.3. The molecule has 6 atom stereocenters. The summed E-state index contributed by atoms with van der Waals surface area (Å²) in [6, 6.07) is 0. The van der Waals surface area contributed by atoms with Crippen LogP contribution in [0.5, 0.6) is 0 Å². The number of carbonyl (C=O) groups excluding carboxylic acids is 1. The molecule has 1 rings (SSSR count). The molecule has 0 saturated carbocycles. The Balaban J connectivity index is 2.36. The van der Waals surface area contributed by atoms with Gasteiger partial charge >= 0.3 is 16.4 Å². The SMILES string of the molecule is CC/C=C\C/C=C\C/C=C\C/C=C\CCCCCCCCCCCOCC(COC1OC(CO)C(O)C(OS(=O)(=O)O)C1O)OC(=O)CCCCCCCCCCCC. The number of aliphatic hydroxyl groups is 3. The summed E-state index contributed by atoms with van der Waals surface area (Å²) in [4.78, 5) is 12.8. The number of carbonyl (C=O) groups is 1. The van der Waals surface area contributed by atoms with Crippen molar-refractivity contribution in [1.29, 1.82) is 0 Å². The van der Waals surface area contributed by atoms with Gasteiger partial charge < -0.3 is 34.3 Å². The average Bonchev–Trinajstić information content (AvgIpc) is 3.20. The molecule has 344 valence electrons. The number of rotatable bonds is 39. The molecule has 1 fully saturated rings. The second-order valence-corrected chi connectivity index (χ2v) is 16.7. The third-order valence-corrected chi connectivity index (χ3v) is 10.7. The molecule has 1 heterocycles. The van der Waals surface area contributed by atoms with Gasteiger partial charge in [-0.3, -0.25) is 9.35 Å². The Morgan fingerprint density at radius 2 is 1.17 bits per heavy atom. The fraction of sp³-hybridized carbons (Fsp3) is 0.804. The molecule has 1 saturated heterocycles. The Bertz CT molecular complexity index is 1220. The summed E-state index contributed by atoms with van der Waals surface area (Å²) in [5, 5.41) is 30.6. The van der Waals surface area contributed by atoms with E-state index in [1.807, 2.05) is 0 Å². The highest BCUT2D eigenvalue weighted by Gasteiger charge is 2.48. The number of aliphatic hydroxyl groups excluding tert-OH is 3. The largest absolute Gasteiger partial charge is 0.457 e. The van der Waals surface area contributed by atoms with Gasteiger partial charge in [0.25, 0.3) is 0 Å². The molecule has 0 radical (unpaired) electrons. The molecule has 1 aliphatic rings. The number of hydrogen-bond acceptors (Lipinski definition) is 11. The quantitative estimate of drug-likeness (QED) is 0.0199. The standard InChI is InChI=1S/C46H82O12S/c1-3-5-7-9-11-13-15-16-17-18-19-20-21-22-23-24-25-26-28-30-32-34-36-54-38-40(56-42(48)35-33-31-29-27-14-12-10-8-6-4-2)39-55-46-44(50)45(58-59(51,52)53)43(49)41(37-47)57-46/h5,7,11,13,16-17,19-20,40-41,43-47,49-50H,3-4,6,8-10,12,14-15,18,21-39H2,1-2H3,(H,51,52,53)/b7-5-,13-11-,17-16-,20-19-. The molecule has 0 aromatic heterocycles. The van der Waals surface area contributed by atoms with Gasteiger partial charge in [-0.15, -0.1) is 0 Å². The summed E-state index contributed by atoms with van der Waals surface area (Å²) < 4.78 is 59.0. The van der Waals surface area contributed by atoms with Gasteiger partial charge in [-0.1, -0.05) is 165 Å². The summed E-state index contributed by atoms with van der Waals surface area (Å²) in [7, 11) is -5.06. The summed E-state index contributed by atoms with van der Waals surface area (Å²) in [6.07, 6.45) is 35.8. The summed E-state index contributed by atoms with van der Waals surface area (Å²) >= 11 is 0. The van der Waals surface area contributed by atoms with Crippen LogP contribution in [0.1, 0.15) is 174 Å². The number of esters is 1. The zero-order valence-corrected chi connectivity index (χ0v) is 37.4. The van der Waals surface area contributed by atoms with Crippen molar-refractivity contribution in [2.24, 2.45) is 0 Å². The van der Waals surface area contributed by atoms with Crippen molar-refractivity contribution in [3.05, 3.63) is 48.6 Å². The van der Waals surface area contributed by atoms with Crippen LogP contribution in [0.2, 0.25) is 0 Å². The zero-order valence-electron chi connectivity index (χ0n) is 36.6. The Labute approximate surface area is 357 Å². The first-order chi connectivity index (χ1) is 28.6. The number of unbranched alkanes of at least 4 members (excludes halogenated alkanes) is 18. The number of ether oxygens (including phenoxy) is 4. The molecular weight excluding hydrogens is 777 g/mol. The summed E-state index contributed by atoms with van der Waals surface area (Å²) in [5.74, 6) is -0.405. The van der Waals surface area contributed by atoms with Gasteiger partial charge in [0.1, 0.15) is 30.5 Å². The van der Waals surface area contributed by atoms with E-state index >= 15 is 0 Å². The predicted molar refractivity (Wildman–Crippen MR) is 234 cm³/mol. The van der Waals surface area contributed by atoms with Crippen LogP contribution in [-0.4, -0.2) is 97.5 Å². The third kappa shape index (κ3) is 31.6. The van der Waals surface area contributed by atoms with E-state index in [0.717, 1.165) is 70.6 Å². The monoisotopic (exact) mass is 859 g/mol. The van der Waals surface area contributed by atoms with E-state index in [2.05, 4.69) is 66.6 Å². The van der Waals surface area contributed by atoms with E-state index in [1.165, 1.54) is 77.0 Å². The van der Waals surface area contributed by atoms with E-state index in [0.29, 0.717) is 13.0 Å². The molecule has 0 aliphatic carbocycles. The van der Waals surface area contributed by atoms with Crippen molar-refractivity contribution < 1.29 is 56.2 Å². The van der Waals surface area contributed by atoms with Crippen molar-refractivity contribution in [1.82, 2.24) is 0 Å². The van der Waals surface area contributed by atoms with Gasteiger partial charge in [0.15, 0.2) is 6.29 Å². The van der Waals surface area contributed by atoms with Crippen LogP contribution in [-0.2, 0) is 38.3 Å². The van der Waals surface area contributed by atoms with E-state index in [1.54, 1.807) is 0 Å². The molecule has 12 nitrogen and oxygen atoms in total. The van der Waals surface area contributed by atoms with Crippen LogP contribution in [0.15, 0.2) is 48.6 Å². The molecule has 0 amide bonds. The highest BCUT2D eigenvalue weighted by molar-refractivity contribution is 7.80. The minimum Gasteiger partial charge on any atom is -0.457 e. The van der Waals surface area contributed by atoms with E-state index in [4.69, 9.17) is 23.5 Å². The molecule has 4 N–H and O–H groups in total. The van der Waals surface area contributed by atoms with Crippen LogP contribution < -0.4 is 0 Å². The van der Waals surface area contributed by atoms with Crippen LogP contribution >= 0.6 is 0 Å². The van der Waals surface area contributed by atoms with Crippen molar-refractivity contribution in [3.63, 3.8) is 0 Å². The maximum absolute atomic E-state index is 12.8. The Morgan fingerprint density at radius 1 is 0.661 bits per heavy atom. The van der Waals surface area contributed by atoms with E-state index < -0.39 is 59.8 Å². The van der Waals surface area contributed by atoms with E-state index in [-0.39, 0.29) is 19.6 Å². The second kappa shape index (κ2) is 37.8. The Kier molecular flexibility index (Phi) is 35.3. The zero-order chi connectivity index (χ0) is 43.2. The van der Waals surface area contributed by atoms with E-state index in [9.17, 15) is 28.5 Å². The number of allylic oxidation sites excluding steroid dienone is 8. The molecular formula is C46H82O12S. The van der Waals surface area contributed by atoms with Gasteiger partial charge in [-0.2, -0.15) is 8.42 Å². The van der Waals surface area contributed by atoms with Crippen LogP contribution in [0.3, 0.4) is 0 Å². The highest BCUT2D eigenvalue weighted by atomic mass is 32.3. The fourth-order valence-corrected chi connectivity index (χ4v) is 7.29. The lowest BCUT2D eigenvalue weighted by Crippen LogP contribution is -2.60. The van der Waals surface area contributed by atoms with Crippen molar-refractivity contribution in [2.45, 2.75) is 211 Å². The van der Waals surface area contributed by atoms with Crippen molar-refractivity contribution in [3.8, 4) is 0 Å². The lowest BCUT2D eigenvalue weighted by atomic mass is 9.99. The van der Waals surface area contributed by atoms with Crippen LogP contribution in [0.25, 0.3) is 0 Å². The molecule has 1 aliphatic heterocycles. The molecule has 0 spiro atoms. The molecule has 6 unspecified atom stereocenters. The fourth-order valence-electron chi connectivity index (χ4n) is 6.78. The lowest BCUT2D eigenvalue weighted by molar-refractivity contribution is -0.301. The van der Waals surface area contributed by atoms with Crippen molar-refractivity contribution >= 4 is 16.4 Å². The lowest BCUT2D eigenvalue weighted by Gasteiger charge is -2.41.